The number of hydrogen-bond donors (Lipinski definition) is 3. The standard InChI is InChI=1S/C35H49N3O6/c1-21(4-13-33(43)44-20-24-18-38(37-36-24)19-31(41)22-5-8-25(39)9-6-22)28-11-12-29-27-10-7-23-16-26(40)14-15-34(23,2)30(27)17-32(42)35(28,29)3/h5-6,8-9,18,21,23,26-30,32,39-40,42H,4,7,10-17,19-20H2,1-3H3/t21-,23-,26-,27+,28?,29+,30+,32+,34+,35-/m1/s1. The lowest BCUT2D eigenvalue weighted by atomic mass is 9.43. The summed E-state index contributed by atoms with van der Waals surface area (Å²) in [5, 5.41) is 39.6. The second-order valence-electron chi connectivity index (χ2n) is 14.9. The number of aliphatic hydroxyl groups is 2. The number of ketones is 1. The number of nitrogens with zero attached hydrogens (tertiary/aromatic N) is 3. The Morgan fingerprint density at radius 3 is 2.59 bits per heavy atom. The van der Waals surface area contributed by atoms with Crippen molar-refractivity contribution in [2.75, 3.05) is 0 Å². The molecule has 10 atom stereocenters. The highest BCUT2D eigenvalue weighted by Gasteiger charge is 2.63. The molecule has 0 aliphatic heterocycles. The Morgan fingerprint density at radius 2 is 1.82 bits per heavy atom. The molecule has 2 aromatic rings. The Kier molecular flexibility index (Phi) is 8.65. The SMILES string of the molecule is C[C@H](CCC(=O)OCc1cn(CC(=O)c2ccc(O)cc2)nn1)C1CC[C@H]2[C@@H]3CC[C@@H]4C[C@H](O)CC[C@]4(C)[C@H]3C[C@H](O)[C@]12C. The van der Waals surface area contributed by atoms with Crippen LogP contribution in [0.2, 0.25) is 0 Å². The molecule has 6 rings (SSSR count). The summed E-state index contributed by atoms with van der Waals surface area (Å²) in [6.45, 7) is 7.03. The van der Waals surface area contributed by atoms with E-state index in [0.717, 1.165) is 44.9 Å². The number of aliphatic hydroxyl groups excluding tert-OH is 2. The monoisotopic (exact) mass is 607 g/mol. The lowest BCUT2D eigenvalue weighted by Gasteiger charge is -2.62. The molecule has 0 amide bonds. The van der Waals surface area contributed by atoms with E-state index in [9.17, 15) is 24.9 Å². The predicted octanol–water partition coefficient (Wildman–Crippen LogP) is 5.32. The van der Waals surface area contributed by atoms with Crippen LogP contribution < -0.4 is 0 Å². The fraction of sp³-hybridized carbons (Fsp3) is 0.714. The van der Waals surface area contributed by atoms with Crippen molar-refractivity contribution in [3.05, 3.63) is 41.7 Å². The first kappa shape index (κ1) is 31.2. The quantitative estimate of drug-likeness (QED) is 0.258. The number of benzene rings is 1. The van der Waals surface area contributed by atoms with Gasteiger partial charge in [-0.15, -0.1) is 5.10 Å². The number of rotatable bonds is 9. The number of ether oxygens (including phenoxy) is 1. The second kappa shape index (κ2) is 12.2. The topological polar surface area (TPSA) is 135 Å². The van der Waals surface area contributed by atoms with E-state index in [4.69, 9.17) is 4.74 Å². The third kappa shape index (κ3) is 5.70. The summed E-state index contributed by atoms with van der Waals surface area (Å²) in [6.07, 6.45) is 10.6. The summed E-state index contributed by atoms with van der Waals surface area (Å²) in [7, 11) is 0. The van der Waals surface area contributed by atoms with E-state index >= 15 is 0 Å². The highest BCUT2D eigenvalue weighted by atomic mass is 16.5. The van der Waals surface area contributed by atoms with Crippen LogP contribution in [0.15, 0.2) is 30.5 Å². The smallest absolute Gasteiger partial charge is 0.306 e. The average Bonchev–Trinajstić information content (AvgIpc) is 3.60. The van der Waals surface area contributed by atoms with E-state index < -0.39 is 0 Å². The molecule has 4 aliphatic rings. The van der Waals surface area contributed by atoms with Crippen LogP contribution in [-0.4, -0.2) is 54.3 Å². The highest BCUT2D eigenvalue weighted by Crippen LogP contribution is 2.68. The van der Waals surface area contributed by atoms with Gasteiger partial charge in [0.1, 0.15) is 24.6 Å². The number of esters is 1. The summed E-state index contributed by atoms with van der Waals surface area (Å²) in [4.78, 5) is 25.2. The van der Waals surface area contributed by atoms with Gasteiger partial charge >= 0.3 is 5.97 Å². The van der Waals surface area contributed by atoms with E-state index in [1.54, 1.807) is 18.3 Å². The molecule has 44 heavy (non-hydrogen) atoms. The van der Waals surface area contributed by atoms with E-state index in [-0.39, 0.29) is 53.7 Å². The molecule has 0 bridgehead atoms. The predicted molar refractivity (Wildman–Crippen MR) is 163 cm³/mol. The Bertz CT molecular complexity index is 1340. The number of fused-ring (bicyclic) bond motifs is 5. The molecule has 0 saturated heterocycles. The molecule has 1 aromatic carbocycles. The Hall–Kier alpha value is -2.78. The number of carbonyl (C=O) groups excluding carboxylic acids is 2. The first-order valence-corrected chi connectivity index (χ1v) is 16.7. The van der Waals surface area contributed by atoms with Gasteiger partial charge in [0.15, 0.2) is 5.78 Å². The van der Waals surface area contributed by atoms with Crippen LogP contribution in [-0.2, 0) is 22.7 Å². The molecule has 1 heterocycles. The van der Waals surface area contributed by atoms with Gasteiger partial charge in [-0.2, -0.15) is 0 Å². The zero-order chi connectivity index (χ0) is 31.2. The maximum Gasteiger partial charge on any atom is 0.306 e. The lowest BCUT2D eigenvalue weighted by molar-refractivity contribution is -0.175. The number of carbonyl (C=O) groups is 2. The van der Waals surface area contributed by atoms with Crippen molar-refractivity contribution in [1.29, 1.82) is 0 Å². The number of hydrogen-bond acceptors (Lipinski definition) is 8. The normalized spacial score (nSPS) is 37.0. The van der Waals surface area contributed by atoms with Crippen LogP contribution in [0.4, 0.5) is 0 Å². The van der Waals surface area contributed by atoms with E-state index in [1.807, 2.05) is 0 Å². The molecule has 0 radical (unpaired) electrons. The third-order valence-corrected chi connectivity index (χ3v) is 12.8. The number of Topliss-reactive ketones (excluding diaryl/α,β-unsaturated/α-hetero) is 1. The van der Waals surface area contributed by atoms with Crippen LogP contribution in [0.1, 0.15) is 101 Å². The number of aromatic nitrogens is 3. The molecule has 3 N–H and O–H groups in total. The van der Waals surface area contributed by atoms with Crippen molar-refractivity contribution in [2.45, 2.75) is 110 Å². The molecule has 4 saturated carbocycles. The van der Waals surface area contributed by atoms with Crippen molar-refractivity contribution in [2.24, 2.45) is 46.3 Å². The van der Waals surface area contributed by atoms with Crippen LogP contribution in [0.5, 0.6) is 5.75 Å². The van der Waals surface area contributed by atoms with Crippen LogP contribution in [0, 0.1) is 46.3 Å². The van der Waals surface area contributed by atoms with Gasteiger partial charge in [-0.25, -0.2) is 4.68 Å². The maximum atomic E-state index is 12.7. The minimum atomic E-state index is -0.332. The number of phenolic OH excluding ortho intramolecular Hbond substituents is 1. The number of phenols is 1. The van der Waals surface area contributed by atoms with Gasteiger partial charge in [-0.3, -0.25) is 9.59 Å². The fourth-order valence-corrected chi connectivity index (χ4v) is 10.3. The summed E-state index contributed by atoms with van der Waals surface area (Å²) in [6, 6.07) is 6.05. The fourth-order valence-electron chi connectivity index (χ4n) is 10.3. The van der Waals surface area contributed by atoms with Gasteiger partial charge in [-0.1, -0.05) is 26.0 Å². The largest absolute Gasteiger partial charge is 0.508 e. The van der Waals surface area contributed by atoms with Gasteiger partial charge in [0.05, 0.1) is 18.4 Å². The highest BCUT2D eigenvalue weighted by molar-refractivity contribution is 5.95. The molecule has 1 unspecified atom stereocenters. The molecular formula is C35H49N3O6. The maximum absolute atomic E-state index is 12.7. The van der Waals surface area contributed by atoms with Crippen LogP contribution in [0.3, 0.4) is 0 Å². The molecule has 240 valence electrons. The van der Waals surface area contributed by atoms with Gasteiger partial charge in [-0.05, 0) is 128 Å². The summed E-state index contributed by atoms with van der Waals surface area (Å²) in [5.74, 6) is 2.61. The lowest BCUT2D eigenvalue weighted by Crippen LogP contribution is -2.58. The summed E-state index contributed by atoms with van der Waals surface area (Å²) < 4.78 is 6.93. The van der Waals surface area contributed by atoms with Crippen molar-refractivity contribution in [3.8, 4) is 5.75 Å². The van der Waals surface area contributed by atoms with Crippen molar-refractivity contribution in [1.82, 2.24) is 15.0 Å². The van der Waals surface area contributed by atoms with Crippen molar-refractivity contribution < 1.29 is 29.6 Å². The molecule has 1 aromatic heterocycles. The molecule has 9 heteroatoms. The Balaban J connectivity index is 1.000. The van der Waals surface area contributed by atoms with Crippen molar-refractivity contribution >= 4 is 11.8 Å². The Labute approximate surface area is 260 Å². The van der Waals surface area contributed by atoms with Crippen LogP contribution >= 0.6 is 0 Å². The summed E-state index contributed by atoms with van der Waals surface area (Å²) in [5.41, 5.74) is 1.05. The first-order valence-electron chi connectivity index (χ1n) is 16.7. The van der Waals surface area contributed by atoms with Crippen molar-refractivity contribution in [3.63, 3.8) is 0 Å². The van der Waals surface area contributed by atoms with Gasteiger partial charge in [0, 0.05) is 12.0 Å². The number of aromatic hydroxyl groups is 1. The van der Waals surface area contributed by atoms with E-state index in [1.165, 1.54) is 29.7 Å². The van der Waals surface area contributed by atoms with Gasteiger partial charge < -0.3 is 20.1 Å². The average molecular weight is 608 g/mol. The second-order valence-corrected chi connectivity index (χ2v) is 14.9. The van der Waals surface area contributed by atoms with E-state index in [2.05, 4.69) is 31.1 Å². The summed E-state index contributed by atoms with van der Waals surface area (Å²) >= 11 is 0. The van der Waals surface area contributed by atoms with Gasteiger partial charge in [0.25, 0.3) is 0 Å². The molecule has 4 aliphatic carbocycles. The molecule has 4 fully saturated rings. The molecule has 0 spiro atoms. The third-order valence-electron chi connectivity index (χ3n) is 12.8. The Morgan fingerprint density at radius 1 is 1.05 bits per heavy atom. The zero-order valence-corrected chi connectivity index (χ0v) is 26.4. The minimum absolute atomic E-state index is 0.000783. The molecule has 9 nitrogen and oxygen atoms in total. The van der Waals surface area contributed by atoms with E-state index in [0.29, 0.717) is 53.2 Å². The zero-order valence-electron chi connectivity index (χ0n) is 26.4. The van der Waals surface area contributed by atoms with Crippen LogP contribution in [0.25, 0.3) is 0 Å². The van der Waals surface area contributed by atoms with Gasteiger partial charge in [0.2, 0.25) is 0 Å². The minimum Gasteiger partial charge on any atom is -0.508 e. The first-order chi connectivity index (χ1) is 21.0. The molecular weight excluding hydrogens is 558 g/mol.